The van der Waals surface area contributed by atoms with Crippen molar-refractivity contribution in [3.63, 3.8) is 0 Å². The van der Waals surface area contributed by atoms with E-state index in [0.29, 0.717) is 23.6 Å². The van der Waals surface area contributed by atoms with Crippen molar-refractivity contribution in [1.82, 2.24) is 9.89 Å². The van der Waals surface area contributed by atoms with E-state index in [1.165, 1.54) is 19.3 Å². The molecular formula is C21H21N3O2S. The summed E-state index contributed by atoms with van der Waals surface area (Å²) in [5.41, 5.74) is 3.19. The summed E-state index contributed by atoms with van der Waals surface area (Å²) < 4.78 is 0. The van der Waals surface area contributed by atoms with Gasteiger partial charge >= 0.3 is 0 Å². The summed E-state index contributed by atoms with van der Waals surface area (Å²) in [6, 6.07) is 11.4. The van der Waals surface area contributed by atoms with E-state index in [1.54, 1.807) is 17.4 Å². The summed E-state index contributed by atoms with van der Waals surface area (Å²) in [6.45, 7) is 0. The van der Waals surface area contributed by atoms with Gasteiger partial charge in [0.15, 0.2) is 0 Å². The summed E-state index contributed by atoms with van der Waals surface area (Å²) >= 11 is 1.57. The van der Waals surface area contributed by atoms with Crippen LogP contribution in [0.2, 0.25) is 0 Å². The quantitative estimate of drug-likeness (QED) is 0.745. The van der Waals surface area contributed by atoms with Crippen molar-refractivity contribution in [2.45, 2.75) is 32.1 Å². The lowest BCUT2D eigenvalue weighted by atomic mass is 9.86. The Morgan fingerprint density at radius 2 is 2.00 bits per heavy atom. The van der Waals surface area contributed by atoms with Gasteiger partial charge in [-0.25, -0.2) is 5.43 Å². The van der Waals surface area contributed by atoms with Crippen LogP contribution >= 0.6 is 11.3 Å². The Morgan fingerprint density at radius 1 is 1.15 bits per heavy atom. The summed E-state index contributed by atoms with van der Waals surface area (Å²) in [5, 5.41) is 7.84. The second kappa shape index (κ2) is 6.60. The molecule has 138 valence electrons. The van der Waals surface area contributed by atoms with E-state index in [9.17, 15) is 9.59 Å². The van der Waals surface area contributed by atoms with Crippen LogP contribution in [0, 0.1) is 17.8 Å². The Hall–Kier alpha value is -2.47. The lowest BCUT2D eigenvalue weighted by Gasteiger charge is -2.21. The Morgan fingerprint density at radius 3 is 2.70 bits per heavy atom. The number of nitrogens with one attached hydrogen (secondary N) is 1. The van der Waals surface area contributed by atoms with Crippen LogP contribution in [0.15, 0.2) is 46.6 Å². The highest BCUT2D eigenvalue weighted by Gasteiger charge is 2.40. The molecule has 5 rings (SSSR count). The molecule has 0 saturated heterocycles. The molecule has 1 N–H and O–H groups in total. The van der Waals surface area contributed by atoms with Crippen LogP contribution in [-0.4, -0.2) is 15.8 Å². The molecule has 2 aromatic heterocycles. The van der Waals surface area contributed by atoms with E-state index in [0.717, 1.165) is 33.1 Å². The molecule has 0 spiro atoms. The first-order valence-electron chi connectivity index (χ1n) is 9.55. The first-order chi connectivity index (χ1) is 13.2. The number of amides is 1. The maximum Gasteiger partial charge on any atom is 0.294 e. The lowest BCUT2D eigenvalue weighted by molar-refractivity contribution is -0.118. The van der Waals surface area contributed by atoms with Crippen LogP contribution < -0.4 is 11.0 Å². The standard InChI is InChI=1S/C21H21N3O2S/c25-19(12-15-11-13-7-8-14(15)10-13)22-24-21(26)17-5-2-1-4-16(17)20(23-24)18-6-3-9-27-18/h1-6,9,13-15H,7-8,10-12H2,(H,22,25)/t13-,14+,15-/m1/s1. The van der Waals surface area contributed by atoms with E-state index >= 15 is 0 Å². The van der Waals surface area contributed by atoms with Crippen molar-refractivity contribution in [1.29, 1.82) is 0 Å². The van der Waals surface area contributed by atoms with Gasteiger partial charge in [0.25, 0.3) is 5.56 Å². The molecule has 2 heterocycles. The van der Waals surface area contributed by atoms with Gasteiger partial charge in [-0.05, 0) is 54.5 Å². The van der Waals surface area contributed by atoms with Crippen LogP contribution in [0.25, 0.3) is 21.3 Å². The number of benzene rings is 1. The fourth-order valence-electron chi connectivity index (χ4n) is 4.89. The summed E-state index contributed by atoms with van der Waals surface area (Å²) in [7, 11) is 0. The fourth-order valence-corrected chi connectivity index (χ4v) is 5.61. The van der Waals surface area contributed by atoms with Crippen LogP contribution in [0.5, 0.6) is 0 Å². The highest BCUT2D eigenvalue weighted by molar-refractivity contribution is 7.13. The van der Waals surface area contributed by atoms with Crippen LogP contribution in [-0.2, 0) is 4.79 Å². The lowest BCUT2D eigenvalue weighted by Crippen LogP contribution is -2.36. The maximum absolute atomic E-state index is 12.8. The maximum atomic E-state index is 12.8. The Kier molecular flexibility index (Phi) is 4.08. The van der Waals surface area contributed by atoms with Gasteiger partial charge in [-0.2, -0.15) is 0 Å². The van der Waals surface area contributed by atoms with Crippen LogP contribution in [0.4, 0.5) is 0 Å². The van der Waals surface area contributed by atoms with E-state index in [1.807, 2.05) is 35.7 Å². The molecule has 2 fully saturated rings. The van der Waals surface area contributed by atoms with Crippen molar-refractivity contribution in [2.24, 2.45) is 17.8 Å². The van der Waals surface area contributed by atoms with Crippen molar-refractivity contribution in [2.75, 3.05) is 5.43 Å². The number of rotatable bonds is 4. The van der Waals surface area contributed by atoms with Crippen molar-refractivity contribution in [3.05, 3.63) is 52.1 Å². The molecule has 0 radical (unpaired) electrons. The second-order valence-electron chi connectivity index (χ2n) is 7.76. The first-order valence-corrected chi connectivity index (χ1v) is 10.4. The summed E-state index contributed by atoms with van der Waals surface area (Å²) in [6.07, 6.45) is 5.47. The zero-order chi connectivity index (χ0) is 18.4. The zero-order valence-electron chi connectivity index (χ0n) is 14.9. The highest BCUT2D eigenvalue weighted by atomic mass is 32.1. The molecule has 27 heavy (non-hydrogen) atoms. The van der Waals surface area contributed by atoms with Crippen LogP contribution in [0.1, 0.15) is 32.1 Å². The average Bonchev–Trinajstić information content (AvgIpc) is 3.42. The summed E-state index contributed by atoms with van der Waals surface area (Å²) in [5.74, 6) is 1.83. The second-order valence-corrected chi connectivity index (χ2v) is 8.71. The van der Waals surface area contributed by atoms with Gasteiger partial charge in [0.1, 0.15) is 5.69 Å². The fraction of sp³-hybridized carbons (Fsp3) is 0.381. The molecule has 1 amide bonds. The molecule has 5 nitrogen and oxygen atoms in total. The molecule has 6 heteroatoms. The average molecular weight is 379 g/mol. The third kappa shape index (κ3) is 2.98. The van der Waals surface area contributed by atoms with E-state index in [2.05, 4.69) is 10.5 Å². The van der Waals surface area contributed by atoms with Crippen LogP contribution in [0.3, 0.4) is 0 Å². The minimum absolute atomic E-state index is 0.116. The number of aromatic nitrogens is 2. The molecule has 3 aromatic rings. The summed E-state index contributed by atoms with van der Waals surface area (Å²) in [4.78, 5) is 27.6. The van der Waals surface area contributed by atoms with E-state index in [-0.39, 0.29) is 11.5 Å². The minimum Gasteiger partial charge on any atom is -0.273 e. The molecule has 0 unspecified atom stereocenters. The molecule has 2 bridgehead atoms. The van der Waals surface area contributed by atoms with Gasteiger partial charge in [0.2, 0.25) is 5.91 Å². The van der Waals surface area contributed by atoms with Gasteiger partial charge in [-0.15, -0.1) is 21.2 Å². The number of nitrogens with zero attached hydrogens (tertiary/aromatic N) is 2. The van der Waals surface area contributed by atoms with Gasteiger partial charge < -0.3 is 0 Å². The molecule has 2 saturated carbocycles. The number of fused-ring (bicyclic) bond motifs is 3. The van der Waals surface area contributed by atoms with E-state index in [4.69, 9.17) is 0 Å². The SMILES string of the molecule is O=C(C[C@H]1C[C@@H]2CC[C@H]1C2)Nn1nc(-c2cccs2)c2ccccc2c1=O. The first kappa shape index (κ1) is 16.7. The van der Waals surface area contributed by atoms with E-state index < -0.39 is 0 Å². The molecule has 2 aliphatic carbocycles. The molecule has 1 aromatic carbocycles. The smallest absolute Gasteiger partial charge is 0.273 e. The number of carbonyl (C=O) groups is 1. The normalized spacial score (nSPS) is 23.8. The monoisotopic (exact) mass is 379 g/mol. The predicted octanol–water partition coefficient (Wildman–Crippen LogP) is 4.02. The third-order valence-electron chi connectivity index (χ3n) is 6.12. The van der Waals surface area contributed by atoms with Crippen molar-refractivity contribution in [3.8, 4) is 10.6 Å². The topological polar surface area (TPSA) is 64.0 Å². The minimum atomic E-state index is -0.285. The van der Waals surface area contributed by atoms with Gasteiger partial charge in [0, 0.05) is 11.8 Å². The highest BCUT2D eigenvalue weighted by Crippen LogP contribution is 2.49. The molecule has 3 atom stereocenters. The number of carbonyl (C=O) groups excluding carboxylic acids is 1. The third-order valence-corrected chi connectivity index (χ3v) is 7.00. The Bertz CT molecular complexity index is 1060. The number of thiophene rings is 1. The Labute approximate surface area is 161 Å². The largest absolute Gasteiger partial charge is 0.294 e. The van der Waals surface area contributed by atoms with Crippen molar-refractivity contribution >= 4 is 28.0 Å². The van der Waals surface area contributed by atoms with Gasteiger partial charge in [-0.1, -0.05) is 30.7 Å². The van der Waals surface area contributed by atoms with Crippen molar-refractivity contribution < 1.29 is 4.79 Å². The van der Waals surface area contributed by atoms with Gasteiger partial charge in [0.05, 0.1) is 10.3 Å². The Balaban J connectivity index is 1.47. The number of hydrogen-bond donors (Lipinski definition) is 1. The predicted molar refractivity (Wildman–Crippen MR) is 107 cm³/mol. The number of hydrogen-bond acceptors (Lipinski definition) is 4. The zero-order valence-corrected chi connectivity index (χ0v) is 15.7. The molecular weight excluding hydrogens is 358 g/mol. The molecule has 2 aliphatic rings. The van der Waals surface area contributed by atoms with Gasteiger partial charge in [-0.3, -0.25) is 9.59 Å². The molecule has 0 aliphatic heterocycles.